The summed E-state index contributed by atoms with van der Waals surface area (Å²) in [5, 5.41) is 19.1. The van der Waals surface area contributed by atoms with Crippen LogP contribution >= 0.6 is 0 Å². The van der Waals surface area contributed by atoms with Crippen LogP contribution in [0.1, 0.15) is 27.7 Å². The number of aliphatic hydroxyl groups is 1. The Hall–Kier alpha value is -4.24. The van der Waals surface area contributed by atoms with E-state index in [0.29, 0.717) is 35.8 Å². The number of aryl methyl sites for hydroxylation is 1. The molecule has 1 saturated heterocycles. The maximum Gasteiger partial charge on any atom is 0.295 e. The van der Waals surface area contributed by atoms with E-state index in [1.807, 2.05) is 12.1 Å². The van der Waals surface area contributed by atoms with E-state index in [4.69, 9.17) is 9.47 Å². The third-order valence-electron chi connectivity index (χ3n) is 6.42. The van der Waals surface area contributed by atoms with Crippen molar-refractivity contribution in [2.75, 3.05) is 43.2 Å². The molecule has 1 unspecified atom stereocenters. The summed E-state index contributed by atoms with van der Waals surface area (Å²) >= 11 is 0. The molecule has 0 aliphatic carbocycles. The Morgan fingerprint density at radius 1 is 1.00 bits per heavy atom. The number of Topliss-reactive ketones (excluding diaryl/α,β-unsaturated/α-hetero) is 1. The highest BCUT2D eigenvalue weighted by Gasteiger charge is 2.45. The summed E-state index contributed by atoms with van der Waals surface area (Å²) in [6.07, 6.45) is 0. The van der Waals surface area contributed by atoms with Gasteiger partial charge in [0.2, 0.25) is 0 Å². The quantitative estimate of drug-likeness (QED) is 0.529. The fourth-order valence-corrected chi connectivity index (χ4v) is 4.50. The summed E-state index contributed by atoms with van der Waals surface area (Å²) in [7, 11) is 1.56. The van der Waals surface area contributed by atoms with E-state index in [9.17, 15) is 14.7 Å². The zero-order chi connectivity index (χ0) is 25.2. The number of ketones is 1. The number of benzene rings is 2. The minimum Gasteiger partial charge on any atom is -0.503 e. The van der Waals surface area contributed by atoms with Gasteiger partial charge in [0, 0.05) is 24.3 Å². The van der Waals surface area contributed by atoms with Crippen LogP contribution in [0.5, 0.6) is 5.75 Å². The Labute approximate surface area is 208 Å². The Bertz CT molecular complexity index is 1300. The van der Waals surface area contributed by atoms with Gasteiger partial charge in [0.05, 0.1) is 37.6 Å². The Balaban J connectivity index is 1.53. The number of amides is 1. The lowest BCUT2D eigenvalue weighted by Crippen LogP contribution is -2.36. The van der Waals surface area contributed by atoms with Crippen LogP contribution < -0.4 is 14.5 Å². The van der Waals surface area contributed by atoms with Crippen LogP contribution in [-0.2, 0) is 9.53 Å². The van der Waals surface area contributed by atoms with E-state index in [0.717, 1.165) is 18.8 Å². The van der Waals surface area contributed by atoms with Crippen molar-refractivity contribution < 1.29 is 24.2 Å². The van der Waals surface area contributed by atoms with Crippen LogP contribution in [-0.4, -0.2) is 60.4 Å². The smallest absolute Gasteiger partial charge is 0.295 e. The number of methoxy groups -OCH3 is 1. The van der Waals surface area contributed by atoms with E-state index in [1.54, 1.807) is 62.6 Å². The summed E-state index contributed by atoms with van der Waals surface area (Å²) in [6.45, 7) is 4.66. The monoisotopic (exact) mass is 486 g/mol. The summed E-state index contributed by atoms with van der Waals surface area (Å²) < 4.78 is 10.7. The number of morpholine rings is 1. The largest absolute Gasteiger partial charge is 0.503 e. The molecule has 1 atom stereocenters. The summed E-state index contributed by atoms with van der Waals surface area (Å²) in [5.74, 6) is -0.867. The van der Waals surface area contributed by atoms with Crippen molar-refractivity contribution in [3.05, 3.63) is 88.8 Å². The van der Waals surface area contributed by atoms with Crippen molar-refractivity contribution >= 4 is 23.2 Å². The molecule has 0 radical (unpaired) electrons. The molecule has 3 aromatic rings. The first-order valence-electron chi connectivity index (χ1n) is 11.7. The number of hydrogen-bond acceptors (Lipinski definition) is 8. The maximum absolute atomic E-state index is 13.7. The van der Waals surface area contributed by atoms with Gasteiger partial charge in [0.25, 0.3) is 5.91 Å². The lowest BCUT2D eigenvalue weighted by atomic mass is 9.92. The normalized spacial score (nSPS) is 18.1. The lowest BCUT2D eigenvalue weighted by molar-refractivity contribution is -0.117. The number of carbonyl (C=O) groups is 2. The molecule has 9 heteroatoms. The third kappa shape index (κ3) is 4.29. The first-order valence-corrected chi connectivity index (χ1v) is 11.7. The van der Waals surface area contributed by atoms with E-state index in [-0.39, 0.29) is 11.4 Å². The molecular weight excluding hydrogens is 460 g/mol. The number of aromatic nitrogens is 2. The van der Waals surface area contributed by atoms with E-state index in [1.165, 1.54) is 4.90 Å². The van der Waals surface area contributed by atoms with E-state index in [2.05, 4.69) is 15.1 Å². The van der Waals surface area contributed by atoms with Gasteiger partial charge < -0.3 is 19.5 Å². The van der Waals surface area contributed by atoms with Crippen LogP contribution in [0, 0.1) is 6.92 Å². The Kier molecular flexibility index (Phi) is 6.39. The van der Waals surface area contributed by atoms with E-state index >= 15 is 0 Å². The van der Waals surface area contributed by atoms with Gasteiger partial charge in [-0.15, -0.1) is 5.10 Å². The van der Waals surface area contributed by atoms with Gasteiger partial charge in [0.1, 0.15) is 5.75 Å². The second kappa shape index (κ2) is 9.79. The highest BCUT2D eigenvalue weighted by atomic mass is 16.5. The molecule has 2 aromatic carbocycles. The molecule has 1 amide bonds. The summed E-state index contributed by atoms with van der Waals surface area (Å²) in [4.78, 5) is 30.5. The zero-order valence-electron chi connectivity index (χ0n) is 20.0. The predicted molar refractivity (Wildman–Crippen MR) is 133 cm³/mol. The van der Waals surface area contributed by atoms with Crippen LogP contribution in [0.4, 0.5) is 11.5 Å². The van der Waals surface area contributed by atoms with Crippen LogP contribution in [0.15, 0.2) is 72.0 Å². The molecular formula is C27H26N4O5. The van der Waals surface area contributed by atoms with Crippen LogP contribution in [0.25, 0.3) is 0 Å². The maximum atomic E-state index is 13.7. The standard InChI is InChI=1S/C27H26N4O5/c1-17-3-12-22(29-28-17)31-24(18-6-10-21(35-2)11-7-18)23(26(33)27(31)34)25(32)19-4-8-20(9-5-19)30-13-15-36-16-14-30/h3-12,24,33H,13-16H2,1-2H3. The first-order chi connectivity index (χ1) is 17.5. The SMILES string of the molecule is COc1ccc(C2C(C(=O)c3ccc(N4CCOCC4)cc3)=C(O)C(=O)N2c2ccc(C)nn2)cc1. The second-order valence-electron chi connectivity index (χ2n) is 8.62. The molecule has 0 spiro atoms. The molecule has 2 aliphatic rings. The van der Waals surface area contributed by atoms with Gasteiger partial charge >= 0.3 is 0 Å². The van der Waals surface area contributed by atoms with Gasteiger partial charge in [-0.05, 0) is 61.0 Å². The van der Waals surface area contributed by atoms with Gasteiger partial charge in [-0.25, -0.2) is 0 Å². The number of anilines is 2. The molecule has 9 nitrogen and oxygen atoms in total. The Morgan fingerprint density at radius 2 is 1.69 bits per heavy atom. The fraction of sp³-hybridized carbons (Fsp3) is 0.259. The second-order valence-corrected chi connectivity index (χ2v) is 8.62. The van der Waals surface area contributed by atoms with E-state index < -0.39 is 23.5 Å². The van der Waals surface area contributed by atoms with Crippen molar-refractivity contribution in [2.45, 2.75) is 13.0 Å². The lowest BCUT2D eigenvalue weighted by Gasteiger charge is -2.29. The number of carbonyl (C=O) groups excluding carboxylic acids is 2. The average molecular weight is 487 g/mol. The molecule has 36 heavy (non-hydrogen) atoms. The highest BCUT2D eigenvalue weighted by Crippen LogP contribution is 2.41. The van der Waals surface area contributed by atoms with Crippen molar-refractivity contribution in [1.82, 2.24) is 10.2 Å². The molecule has 5 rings (SSSR count). The predicted octanol–water partition coefficient (Wildman–Crippen LogP) is 3.41. The minimum absolute atomic E-state index is 0.00772. The van der Waals surface area contributed by atoms with Gasteiger partial charge in [-0.1, -0.05) is 12.1 Å². The number of aliphatic hydroxyl groups excluding tert-OH is 1. The van der Waals surface area contributed by atoms with Crippen molar-refractivity contribution in [3.8, 4) is 5.75 Å². The molecule has 1 N–H and O–H groups in total. The van der Waals surface area contributed by atoms with Gasteiger partial charge in [-0.2, -0.15) is 5.10 Å². The molecule has 1 aromatic heterocycles. The zero-order valence-corrected chi connectivity index (χ0v) is 20.0. The molecule has 0 bridgehead atoms. The molecule has 0 saturated carbocycles. The number of hydrogen-bond donors (Lipinski definition) is 1. The molecule has 2 aliphatic heterocycles. The topological polar surface area (TPSA) is 105 Å². The van der Waals surface area contributed by atoms with Gasteiger partial charge in [-0.3, -0.25) is 14.5 Å². The number of ether oxygens (including phenoxy) is 2. The summed E-state index contributed by atoms with van der Waals surface area (Å²) in [6, 6.07) is 16.7. The van der Waals surface area contributed by atoms with Crippen LogP contribution in [0.3, 0.4) is 0 Å². The first kappa shape index (κ1) is 23.5. The number of nitrogens with zero attached hydrogens (tertiary/aromatic N) is 4. The average Bonchev–Trinajstić information content (AvgIpc) is 3.19. The van der Waals surface area contributed by atoms with Crippen molar-refractivity contribution in [2.24, 2.45) is 0 Å². The van der Waals surface area contributed by atoms with Crippen LogP contribution in [0.2, 0.25) is 0 Å². The third-order valence-corrected chi connectivity index (χ3v) is 6.42. The minimum atomic E-state index is -0.883. The van der Waals surface area contributed by atoms with Crippen molar-refractivity contribution in [1.29, 1.82) is 0 Å². The summed E-state index contributed by atoms with van der Waals surface area (Å²) in [5.41, 5.74) is 2.66. The molecule has 184 valence electrons. The molecule has 1 fully saturated rings. The Morgan fingerprint density at radius 3 is 2.31 bits per heavy atom. The molecule has 3 heterocycles. The number of rotatable bonds is 6. The van der Waals surface area contributed by atoms with Crippen molar-refractivity contribution in [3.63, 3.8) is 0 Å². The fourth-order valence-electron chi connectivity index (χ4n) is 4.50. The highest BCUT2D eigenvalue weighted by molar-refractivity contribution is 6.20. The van der Waals surface area contributed by atoms with Gasteiger partial charge in [0.15, 0.2) is 17.4 Å².